The van der Waals surface area contributed by atoms with E-state index in [1.165, 1.54) is 11.3 Å². The van der Waals surface area contributed by atoms with Gasteiger partial charge in [-0.25, -0.2) is 0 Å². The maximum absolute atomic E-state index is 12.7. The fourth-order valence-corrected chi connectivity index (χ4v) is 3.51. The number of ether oxygens (including phenoxy) is 1. The van der Waals surface area contributed by atoms with E-state index in [1.54, 1.807) is 0 Å². The highest BCUT2D eigenvalue weighted by atomic mass is 32.1. The van der Waals surface area contributed by atoms with Gasteiger partial charge in [0.1, 0.15) is 0 Å². The summed E-state index contributed by atoms with van der Waals surface area (Å²) >= 11 is 1.47. The highest BCUT2D eigenvalue weighted by Gasteiger charge is 2.40. The molecule has 2 heterocycles. The Balaban J connectivity index is 2.17. The van der Waals surface area contributed by atoms with Crippen LogP contribution in [0.1, 0.15) is 42.9 Å². The number of carbonyl (C=O) groups is 1. The zero-order valence-electron chi connectivity index (χ0n) is 13.0. The van der Waals surface area contributed by atoms with Gasteiger partial charge >= 0.3 is 0 Å². The number of morpholine rings is 1. The molecule has 1 aromatic heterocycles. The van der Waals surface area contributed by atoms with E-state index in [0.717, 1.165) is 4.88 Å². The first-order chi connectivity index (χ1) is 9.72. The molecule has 0 aliphatic carbocycles. The molecule has 0 unspecified atom stereocenters. The van der Waals surface area contributed by atoms with Crippen LogP contribution in [0.15, 0.2) is 11.4 Å². The van der Waals surface area contributed by atoms with Gasteiger partial charge in [0.05, 0.1) is 28.2 Å². The highest BCUT2D eigenvalue weighted by Crippen LogP contribution is 2.29. The van der Waals surface area contributed by atoms with Crippen molar-refractivity contribution in [3.63, 3.8) is 0 Å². The highest BCUT2D eigenvalue weighted by molar-refractivity contribution is 7.10. The number of thiophene rings is 1. The smallest absolute Gasteiger partial charge is 0.254 e. The Hall–Kier alpha value is -1.35. The maximum Gasteiger partial charge on any atom is 0.254 e. The first-order valence-corrected chi connectivity index (χ1v) is 7.87. The Morgan fingerprint density at radius 1 is 1.38 bits per heavy atom. The van der Waals surface area contributed by atoms with Gasteiger partial charge in [-0.05, 0) is 33.8 Å². The average Bonchev–Trinajstić information content (AvgIpc) is 2.80. The Bertz CT molecular complexity index is 577. The van der Waals surface area contributed by atoms with Gasteiger partial charge in [0.2, 0.25) is 0 Å². The lowest BCUT2D eigenvalue weighted by molar-refractivity contribution is -0.171. The predicted octanol–water partition coefficient (Wildman–Crippen LogP) is 2.09. The van der Waals surface area contributed by atoms with Crippen molar-refractivity contribution in [1.82, 2.24) is 4.90 Å². The van der Waals surface area contributed by atoms with Crippen molar-refractivity contribution in [2.24, 2.45) is 5.73 Å². The van der Waals surface area contributed by atoms with Crippen molar-refractivity contribution in [3.8, 4) is 11.8 Å². The molecule has 0 bridgehead atoms. The van der Waals surface area contributed by atoms with Crippen molar-refractivity contribution in [1.29, 1.82) is 0 Å². The topological polar surface area (TPSA) is 55.6 Å². The summed E-state index contributed by atoms with van der Waals surface area (Å²) in [6.45, 7) is 9.57. The number of nitrogens with two attached hydrogens (primary N) is 1. The number of rotatable bonds is 1. The van der Waals surface area contributed by atoms with Crippen molar-refractivity contribution in [2.45, 2.75) is 38.9 Å². The summed E-state index contributed by atoms with van der Waals surface area (Å²) in [5.41, 5.74) is 5.38. The Labute approximate surface area is 130 Å². The molecular weight excluding hydrogens is 284 g/mol. The summed E-state index contributed by atoms with van der Waals surface area (Å²) in [6, 6.07) is 1.84. The minimum atomic E-state index is -0.338. The van der Waals surface area contributed by atoms with Gasteiger partial charge in [-0.1, -0.05) is 11.8 Å². The summed E-state index contributed by atoms with van der Waals surface area (Å²) in [5, 5.41) is 1.86. The van der Waals surface area contributed by atoms with Crippen LogP contribution in [0.4, 0.5) is 0 Å². The van der Waals surface area contributed by atoms with Gasteiger partial charge in [-0.15, -0.1) is 11.3 Å². The second-order valence-corrected chi connectivity index (χ2v) is 7.40. The first kappa shape index (κ1) is 16.0. The molecule has 0 radical (unpaired) electrons. The second kappa shape index (κ2) is 5.80. The van der Waals surface area contributed by atoms with E-state index in [-0.39, 0.29) is 17.1 Å². The molecule has 1 saturated heterocycles. The molecule has 1 fully saturated rings. The number of hydrogen-bond donors (Lipinski definition) is 1. The fourth-order valence-electron chi connectivity index (χ4n) is 2.77. The van der Waals surface area contributed by atoms with Gasteiger partial charge in [-0.2, -0.15) is 0 Å². The monoisotopic (exact) mass is 306 g/mol. The molecule has 1 aliphatic rings. The van der Waals surface area contributed by atoms with Crippen LogP contribution < -0.4 is 5.73 Å². The van der Waals surface area contributed by atoms with Gasteiger partial charge in [0, 0.05) is 18.5 Å². The van der Waals surface area contributed by atoms with Crippen LogP contribution in [0.2, 0.25) is 0 Å². The quantitative estimate of drug-likeness (QED) is 0.808. The molecule has 1 amide bonds. The molecule has 21 heavy (non-hydrogen) atoms. The lowest BCUT2D eigenvalue weighted by Gasteiger charge is -2.47. The van der Waals surface area contributed by atoms with Gasteiger partial charge in [0.15, 0.2) is 0 Å². The molecule has 1 aromatic rings. The van der Waals surface area contributed by atoms with Crippen LogP contribution in [-0.4, -0.2) is 41.6 Å². The van der Waals surface area contributed by atoms with Gasteiger partial charge in [0.25, 0.3) is 5.91 Å². The molecule has 1 aliphatic heterocycles. The standard InChI is InChI=1S/C16H22N2O2S/c1-15(2)10-18(11-16(3,4)20-15)14(19)12-8-13(21-9-12)6-5-7-17/h8-9H,7,10-11,17H2,1-4H3. The normalized spacial score (nSPS) is 19.8. The van der Waals surface area contributed by atoms with Crippen molar-refractivity contribution in [3.05, 3.63) is 21.9 Å². The van der Waals surface area contributed by atoms with Crippen molar-refractivity contribution >= 4 is 17.2 Å². The first-order valence-electron chi connectivity index (χ1n) is 6.99. The summed E-state index contributed by atoms with van der Waals surface area (Å²) in [4.78, 5) is 15.4. The van der Waals surface area contributed by atoms with Crippen molar-refractivity contribution < 1.29 is 9.53 Å². The minimum absolute atomic E-state index is 0.0384. The SMILES string of the molecule is CC1(C)CN(C(=O)c2csc(C#CCN)c2)CC(C)(C)O1. The van der Waals surface area contributed by atoms with Crippen LogP contribution in [0.25, 0.3) is 0 Å². The van der Waals surface area contributed by atoms with E-state index in [0.29, 0.717) is 25.2 Å². The Kier molecular flexibility index (Phi) is 4.43. The third-order valence-electron chi connectivity index (χ3n) is 3.14. The minimum Gasteiger partial charge on any atom is -0.366 e. The van der Waals surface area contributed by atoms with Crippen LogP contribution in [0.5, 0.6) is 0 Å². The van der Waals surface area contributed by atoms with E-state index in [4.69, 9.17) is 10.5 Å². The zero-order chi connectivity index (χ0) is 15.7. The van der Waals surface area contributed by atoms with E-state index in [9.17, 15) is 4.79 Å². The van der Waals surface area contributed by atoms with E-state index in [2.05, 4.69) is 11.8 Å². The molecule has 0 aromatic carbocycles. The summed E-state index contributed by atoms with van der Waals surface area (Å²) in [7, 11) is 0. The molecule has 2 N–H and O–H groups in total. The molecule has 5 heteroatoms. The van der Waals surface area contributed by atoms with E-state index < -0.39 is 0 Å². The maximum atomic E-state index is 12.7. The van der Waals surface area contributed by atoms with E-state index in [1.807, 2.05) is 44.0 Å². The Morgan fingerprint density at radius 2 is 2.00 bits per heavy atom. The lowest BCUT2D eigenvalue weighted by Crippen LogP contribution is -2.58. The number of hydrogen-bond acceptors (Lipinski definition) is 4. The second-order valence-electron chi connectivity index (χ2n) is 6.49. The number of carbonyl (C=O) groups excluding carboxylic acids is 1. The third-order valence-corrected chi connectivity index (χ3v) is 3.99. The summed E-state index contributed by atoms with van der Waals surface area (Å²) < 4.78 is 6.01. The molecule has 0 spiro atoms. The number of nitrogens with zero attached hydrogens (tertiary/aromatic N) is 1. The van der Waals surface area contributed by atoms with Crippen LogP contribution in [0, 0.1) is 11.8 Å². The van der Waals surface area contributed by atoms with Crippen LogP contribution in [0.3, 0.4) is 0 Å². The molecule has 2 rings (SSSR count). The van der Waals surface area contributed by atoms with E-state index >= 15 is 0 Å². The summed E-state index contributed by atoms with van der Waals surface area (Å²) in [5.74, 6) is 5.81. The molecule has 0 saturated carbocycles. The molecular formula is C16H22N2O2S. The van der Waals surface area contributed by atoms with Gasteiger partial charge in [-0.3, -0.25) is 4.79 Å². The fraction of sp³-hybridized carbons (Fsp3) is 0.562. The van der Waals surface area contributed by atoms with Gasteiger partial charge < -0.3 is 15.4 Å². The zero-order valence-corrected chi connectivity index (χ0v) is 13.8. The lowest BCUT2D eigenvalue weighted by atomic mass is 9.98. The van der Waals surface area contributed by atoms with Crippen molar-refractivity contribution in [2.75, 3.05) is 19.6 Å². The molecule has 4 nitrogen and oxygen atoms in total. The average molecular weight is 306 g/mol. The predicted molar refractivity (Wildman–Crippen MR) is 85.4 cm³/mol. The Morgan fingerprint density at radius 3 is 2.57 bits per heavy atom. The van der Waals surface area contributed by atoms with Crippen LogP contribution in [-0.2, 0) is 4.74 Å². The summed E-state index contributed by atoms with van der Waals surface area (Å²) in [6.07, 6.45) is 0. The molecule has 114 valence electrons. The largest absolute Gasteiger partial charge is 0.366 e. The third kappa shape index (κ3) is 4.07. The number of amides is 1. The van der Waals surface area contributed by atoms with Crippen LogP contribution >= 0.6 is 11.3 Å². The molecule has 0 atom stereocenters.